The Morgan fingerprint density at radius 1 is 1.12 bits per heavy atom. The van der Waals surface area contributed by atoms with Crippen LogP contribution in [0.25, 0.3) is 11.1 Å². The summed E-state index contributed by atoms with van der Waals surface area (Å²) in [6, 6.07) is 12.5. The maximum absolute atomic E-state index is 15.3. The van der Waals surface area contributed by atoms with Gasteiger partial charge in [-0.25, -0.2) is 4.39 Å². The van der Waals surface area contributed by atoms with Crippen molar-refractivity contribution in [2.45, 2.75) is 37.8 Å². The van der Waals surface area contributed by atoms with Gasteiger partial charge in [-0.1, -0.05) is 36.4 Å². The minimum absolute atomic E-state index is 0.0276. The molecule has 2 N–H and O–H groups in total. The van der Waals surface area contributed by atoms with Crippen LogP contribution in [0.2, 0.25) is 0 Å². The quantitative estimate of drug-likeness (QED) is 0.791. The Morgan fingerprint density at radius 3 is 2.81 bits per heavy atom. The number of amides is 1. The second-order valence-corrected chi connectivity index (χ2v) is 7.04. The summed E-state index contributed by atoms with van der Waals surface area (Å²) in [6.45, 7) is 0.949. The van der Waals surface area contributed by atoms with Gasteiger partial charge in [0, 0.05) is 23.7 Å². The number of benzene rings is 2. The molecule has 2 bridgehead atoms. The predicted octanol–water partition coefficient (Wildman–Crippen LogP) is 3.14. The molecule has 2 aromatic rings. The number of hydrogen-bond acceptors (Lipinski definition) is 3. The largest absolute Gasteiger partial charge is 0.492 e. The zero-order valence-corrected chi connectivity index (χ0v) is 14.7. The Balaban J connectivity index is 1.82. The van der Waals surface area contributed by atoms with Crippen molar-refractivity contribution in [2.24, 2.45) is 5.73 Å². The molecule has 0 spiro atoms. The van der Waals surface area contributed by atoms with Crippen LogP contribution in [0, 0.1) is 5.82 Å². The summed E-state index contributed by atoms with van der Waals surface area (Å²) < 4.78 is 21.1. The Bertz CT molecular complexity index is 823. The molecule has 2 aromatic carbocycles. The van der Waals surface area contributed by atoms with Gasteiger partial charge in [0.1, 0.15) is 11.6 Å². The van der Waals surface area contributed by atoms with Crippen molar-refractivity contribution in [3.8, 4) is 16.9 Å². The lowest BCUT2D eigenvalue weighted by atomic mass is 9.89. The number of piperidine rings is 1. The standard InChI is InChI=1S/C21H23FN2O2/c22-21-14-5-3-7-16(21)15-6-1-2-9-19(15)26-12-10-20(25)24-11-4-8-17(23)18(24)13-14/h1-3,5-7,9,17-18H,4,8,10-13,23H2. The lowest BCUT2D eigenvalue weighted by Gasteiger charge is -2.40. The van der Waals surface area contributed by atoms with Crippen molar-refractivity contribution in [3.05, 3.63) is 53.8 Å². The van der Waals surface area contributed by atoms with Gasteiger partial charge < -0.3 is 15.4 Å². The number of fused-ring (bicyclic) bond motifs is 5. The van der Waals surface area contributed by atoms with Crippen LogP contribution in [0.3, 0.4) is 0 Å². The van der Waals surface area contributed by atoms with Crippen LogP contribution < -0.4 is 10.5 Å². The molecule has 1 fully saturated rings. The van der Waals surface area contributed by atoms with E-state index < -0.39 is 0 Å². The average Bonchev–Trinajstić information content (AvgIpc) is 2.65. The first-order valence-corrected chi connectivity index (χ1v) is 9.20. The van der Waals surface area contributed by atoms with Gasteiger partial charge in [-0.05, 0) is 30.9 Å². The van der Waals surface area contributed by atoms with Gasteiger partial charge in [-0.15, -0.1) is 0 Å². The summed E-state index contributed by atoms with van der Waals surface area (Å²) in [4.78, 5) is 14.6. The molecule has 26 heavy (non-hydrogen) atoms. The van der Waals surface area contributed by atoms with Crippen LogP contribution in [0.15, 0.2) is 42.5 Å². The minimum atomic E-state index is -0.255. The van der Waals surface area contributed by atoms with Gasteiger partial charge in [-0.2, -0.15) is 0 Å². The molecule has 5 heteroatoms. The van der Waals surface area contributed by atoms with Crippen LogP contribution in [-0.4, -0.2) is 36.0 Å². The molecule has 4 nitrogen and oxygen atoms in total. The summed E-state index contributed by atoms with van der Waals surface area (Å²) >= 11 is 0. The molecule has 4 rings (SSSR count). The molecule has 1 saturated heterocycles. The molecular weight excluding hydrogens is 331 g/mol. The highest BCUT2D eigenvalue weighted by Gasteiger charge is 2.33. The fourth-order valence-electron chi connectivity index (χ4n) is 4.04. The van der Waals surface area contributed by atoms with Crippen LogP contribution in [0.1, 0.15) is 24.8 Å². The lowest BCUT2D eigenvalue weighted by Crippen LogP contribution is -2.55. The zero-order chi connectivity index (χ0) is 18.1. The molecule has 1 amide bonds. The Morgan fingerprint density at radius 2 is 1.92 bits per heavy atom. The minimum Gasteiger partial charge on any atom is -0.492 e. The number of rotatable bonds is 0. The fraction of sp³-hybridized carbons (Fsp3) is 0.381. The van der Waals surface area contributed by atoms with E-state index >= 15 is 4.39 Å². The van der Waals surface area contributed by atoms with Crippen molar-refractivity contribution < 1.29 is 13.9 Å². The van der Waals surface area contributed by atoms with E-state index in [1.54, 1.807) is 12.1 Å². The third-order valence-corrected chi connectivity index (χ3v) is 5.41. The van der Waals surface area contributed by atoms with Crippen molar-refractivity contribution in [3.63, 3.8) is 0 Å². The van der Waals surface area contributed by atoms with Gasteiger partial charge in [0.25, 0.3) is 0 Å². The molecule has 0 aromatic heterocycles. The highest BCUT2D eigenvalue weighted by molar-refractivity contribution is 5.77. The summed E-state index contributed by atoms with van der Waals surface area (Å²) in [5.74, 6) is 0.373. The smallest absolute Gasteiger partial charge is 0.226 e. The first kappa shape index (κ1) is 17.0. The van der Waals surface area contributed by atoms with Gasteiger partial charge in [0.05, 0.1) is 19.1 Å². The van der Waals surface area contributed by atoms with Crippen LogP contribution >= 0.6 is 0 Å². The van der Waals surface area contributed by atoms with Crippen LogP contribution in [0.5, 0.6) is 5.75 Å². The predicted molar refractivity (Wildman–Crippen MR) is 98.4 cm³/mol. The van der Waals surface area contributed by atoms with Crippen molar-refractivity contribution in [1.29, 1.82) is 0 Å². The first-order chi connectivity index (χ1) is 12.6. The number of carbonyl (C=O) groups is 1. The number of nitrogens with zero attached hydrogens (tertiary/aromatic N) is 1. The second-order valence-electron chi connectivity index (χ2n) is 7.04. The monoisotopic (exact) mass is 354 g/mol. The van der Waals surface area contributed by atoms with E-state index in [1.165, 1.54) is 0 Å². The third-order valence-electron chi connectivity index (χ3n) is 5.41. The number of halogens is 1. The maximum atomic E-state index is 15.3. The summed E-state index contributed by atoms with van der Waals surface area (Å²) in [5.41, 5.74) is 8.15. The van der Waals surface area contributed by atoms with E-state index in [-0.39, 0.29) is 30.4 Å². The fourth-order valence-corrected chi connectivity index (χ4v) is 4.04. The molecule has 2 aliphatic rings. The van der Waals surface area contributed by atoms with Crippen molar-refractivity contribution >= 4 is 5.91 Å². The molecule has 136 valence electrons. The Kier molecular flexibility index (Phi) is 4.64. The molecular formula is C21H23FN2O2. The molecule has 0 aliphatic carbocycles. The van der Waals surface area contributed by atoms with E-state index in [0.717, 1.165) is 12.8 Å². The molecule has 2 heterocycles. The Labute approximate surface area is 152 Å². The molecule has 2 aliphatic heterocycles. The number of hydrogen-bond donors (Lipinski definition) is 1. The lowest BCUT2D eigenvalue weighted by molar-refractivity contribution is -0.135. The van der Waals surface area contributed by atoms with Crippen LogP contribution in [0.4, 0.5) is 4.39 Å². The van der Waals surface area contributed by atoms with E-state index in [4.69, 9.17) is 10.5 Å². The molecule has 0 radical (unpaired) electrons. The SMILES string of the molecule is NC1CCCN2C(=O)CCOc3ccccc3-c3cccc(c3F)CC12. The normalized spacial score (nSPS) is 23.2. The van der Waals surface area contributed by atoms with Crippen molar-refractivity contribution in [2.75, 3.05) is 13.2 Å². The topological polar surface area (TPSA) is 55.6 Å². The van der Waals surface area contributed by atoms with Crippen molar-refractivity contribution in [1.82, 2.24) is 4.90 Å². The van der Waals surface area contributed by atoms with Gasteiger partial charge >= 0.3 is 0 Å². The number of ether oxygens (including phenoxy) is 1. The van der Waals surface area contributed by atoms with E-state index in [1.807, 2.05) is 35.2 Å². The summed E-state index contributed by atoms with van der Waals surface area (Å²) in [7, 11) is 0. The van der Waals surface area contributed by atoms with Gasteiger partial charge in [0.2, 0.25) is 5.91 Å². The van der Waals surface area contributed by atoms with Crippen LogP contribution in [-0.2, 0) is 11.2 Å². The van der Waals surface area contributed by atoms with E-state index in [0.29, 0.717) is 41.8 Å². The maximum Gasteiger partial charge on any atom is 0.226 e. The highest BCUT2D eigenvalue weighted by atomic mass is 19.1. The summed E-state index contributed by atoms with van der Waals surface area (Å²) in [5, 5.41) is 0. The number of para-hydroxylation sites is 1. The first-order valence-electron chi connectivity index (χ1n) is 9.20. The average molecular weight is 354 g/mol. The second kappa shape index (κ2) is 7.08. The van der Waals surface area contributed by atoms with Gasteiger partial charge in [-0.3, -0.25) is 4.79 Å². The zero-order valence-electron chi connectivity index (χ0n) is 14.7. The number of nitrogens with two attached hydrogens (primary N) is 1. The number of carbonyl (C=O) groups excluding carboxylic acids is 1. The summed E-state index contributed by atoms with van der Waals surface area (Å²) in [6.07, 6.45) is 2.48. The van der Waals surface area contributed by atoms with E-state index in [2.05, 4.69) is 0 Å². The molecule has 2 unspecified atom stereocenters. The Hall–Kier alpha value is -2.40. The van der Waals surface area contributed by atoms with Gasteiger partial charge in [0.15, 0.2) is 0 Å². The van der Waals surface area contributed by atoms with E-state index in [9.17, 15) is 4.79 Å². The third kappa shape index (κ3) is 3.07. The molecule has 0 saturated carbocycles. The molecule has 2 atom stereocenters. The highest BCUT2D eigenvalue weighted by Crippen LogP contribution is 2.34.